The molecular weight excluding hydrogens is 1090 g/mol. The normalized spacial score (nSPS) is 23.1. The molecular formula is C86H100BN3. The van der Waals surface area contributed by atoms with Crippen LogP contribution in [-0.4, -0.2) is 12.3 Å². The second kappa shape index (κ2) is 18.9. The zero-order valence-electron chi connectivity index (χ0n) is 58.4. The highest BCUT2D eigenvalue weighted by molar-refractivity contribution is 7.00. The molecule has 15 rings (SSSR count). The lowest BCUT2D eigenvalue weighted by Gasteiger charge is -2.52. The first-order valence-corrected chi connectivity index (χ1v) is 34.7. The molecule has 0 radical (unpaired) electrons. The van der Waals surface area contributed by atoms with E-state index in [2.05, 4.69) is 299 Å². The lowest BCUT2D eigenvalue weighted by molar-refractivity contribution is 0.195. The first-order valence-electron chi connectivity index (χ1n) is 34.7. The second-order valence-electron chi connectivity index (χ2n) is 35.5. The van der Waals surface area contributed by atoms with Gasteiger partial charge in [-0.15, -0.1) is 0 Å². The number of hydrogen-bond donors (Lipinski definition) is 0. The van der Waals surface area contributed by atoms with Gasteiger partial charge in [0.1, 0.15) is 0 Å². The summed E-state index contributed by atoms with van der Waals surface area (Å²) in [6, 6.07) is 60.0. The van der Waals surface area contributed by atoms with Gasteiger partial charge in [-0.3, -0.25) is 0 Å². The molecule has 2 unspecified atom stereocenters. The smallest absolute Gasteiger partial charge is 0.252 e. The summed E-state index contributed by atoms with van der Waals surface area (Å²) in [7, 11) is 0. The summed E-state index contributed by atoms with van der Waals surface area (Å²) in [5, 5.41) is 0. The van der Waals surface area contributed by atoms with Crippen molar-refractivity contribution in [2.24, 2.45) is 0 Å². The molecule has 0 spiro atoms. The Labute approximate surface area is 542 Å². The number of rotatable bonds is 4. The third kappa shape index (κ3) is 8.28. The van der Waals surface area contributed by atoms with Crippen molar-refractivity contribution in [1.82, 2.24) is 0 Å². The van der Waals surface area contributed by atoms with E-state index in [9.17, 15) is 0 Å². The fraction of sp³-hybridized carbons (Fsp3) is 0.442. The number of hydrogen-bond acceptors (Lipinski definition) is 3. The minimum Gasteiger partial charge on any atom is -0.334 e. The van der Waals surface area contributed by atoms with Crippen molar-refractivity contribution in [1.29, 1.82) is 0 Å². The lowest BCUT2D eigenvalue weighted by Crippen LogP contribution is -2.62. The molecule has 0 bridgehead atoms. The van der Waals surface area contributed by atoms with Crippen molar-refractivity contribution in [2.75, 3.05) is 14.7 Å². The van der Waals surface area contributed by atoms with Gasteiger partial charge in [0.15, 0.2) is 0 Å². The van der Waals surface area contributed by atoms with E-state index < -0.39 is 0 Å². The van der Waals surface area contributed by atoms with Gasteiger partial charge in [0.05, 0.1) is 11.2 Å². The number of nitrogens with zero attached hydrogens (tertiary/aromatic N) is 3. The average molecular weight is 1190 g/mol. The molecule has 4 heteroatoms. The second-order valence-corrected chi connectivity index (χ2v) is 35.5. The fourth-order valence-corrected chi connectivity index (χ4v) is 19.0. The number of fused-ring (bicyclic) bond motifs is 11. The van der Waals surface area contributed by atoms with Crippen molar-refractivity contribution in [2.45, 2.75) is 244 Å². The van der Waals surface area contributed by atoms with Crippen LogP contribution in [-0.2, 0) is 48.7 Å². The standard InChI is InChI=1S/C86H100BN3/c1-77(2,3)54-32-36-70(58(44-54)53-28-22-21-23-29-53)89-73-52-66-65(83(15,16)60-30-24-25-31-61(60)84(66,17)18)50-69(73)87-68-49-63-64(82(13,14)43-42-81(63,11)12)51-72(68)88(56-34-35-59-62(46-56)80(9,10)41-40-79(59,7)8)74-47-57(48-75(89)76(74)87)90-71-37-33-55(78(4,5)6)45-67(71)85(19)38-26-27-39-86(85,90)20/h21-25,28-37,44-52H,26-27,38-43H2,1-20H3. The molecule has 462 valence electrons. The fourth-order valence-electron chi connectivity index (χ4n) is 19.0. The molecule has 0 saturated heterocycles. The molecule has 0 amide bonds. The van der Waals surface area contributed by atoms with Crippen LogP contribution in [0.1, 0.15) is 251 Å². The SMILES string of the molecule is CC(C)(C)c1ccc(N2c3cc4c(cc3B3c5cc6c(cc5N(c5ccc7c(c5)C(C)(C)CCC7(C)C)c5cc(N7c8ccc(C(C)(C)C)cc8C8(C)CCCCC78C)cc2c53)C(C)(C)CCC6(C)C)C(C)(C)c2ccccc2C4(C)C)c(-c2ccccc2)c1. The van der Waals surface area contributed by atoms with Gasteiger partial charge in [0, 0.05) is 61.6 Å². The monoisotopic (exact) mass is 1190 g/mol. The van der Waals surface area contributed by atoms with Crippen molar-refractivity contribution in [3.8, 4) is 11.1 Å². The minimum atomic E-state index is -0.274. The Morgan fingerprint density at radius 3 is 1.42 bits per heavy atom. The summed E-state index contributed by atoms with van der Waals surface area (Å²) >= 11 is 0. The Morgan fingerprint density at radius 1 is 0.344 bits per heavy atom. The maximum absolute atomic E-state index is 2.90. The van der Waals surface area contributed by atoms with Crippen LogP contribution in [0.4, 0.5) is 45.5 Å². The van der Waals surface area contributed by atoms with Crippen LogP contribution in [0.5, 0.6) is 0 Å². The highest BCUT2D eigenvalue weighted by atomic mass is 15.3. The molecule has 7 aliphatic rings. The van der Waals surface area contributed by atoms with Crippen LogP contribution in [0.2, 0.25) is 0 Å². The lowest BCUT2D eigenvalue weighted by atomic mass is 9.32. The maximum Gasteiger partial charge on any atom is 0.252 e. The first-order chi connectivity index (χ1) is 42.1. The van der Waals surface area contributed by atoms with Crippen molar-refractivity contribution in [3.05, 3.63) is 207 Å². The van der Waals surface area contributed by atoms with Gasteiger partial charge in [-0.05, 0) is 216 Å². The predicted octanol–water partition coefficient (Wildman–Crippen LogP) is 21.4. The topological polar surface area (TPSA) is 9.72 Å². The van der Waals surface area contributed by atoms with Gasteiger partial charge in [0.25, 0.3) is 6.71 Å². The van der Waals surface area contributed by atoms with Crippen molar-refractivity contribution >= 4 is 68.6 Å². The molecule has 8 aromatic rings. The predicted molar refractivity (Wildman–Crippen MR) is 387 cm³/mol. The van der Waals surface area contributed by atoms with E-state index in [0.717, 1.165) is 25.7 Å². The molecule has 2 atom stereocenters. The van der Waals surface area contributed by atoms with Crippen molar-refractivity contribution in [3.63, 3.8) is 0 Å². The minimum absolute atomic E-state index is 0.00824. The molecule has 3 nitrogen and oxygen atoms in total. The Kier molecular flexibility index (Phi) is 12.5. The zero-order chi connectivity index (χ0) is 63.8. The largest absolute Gasteiger partial charge is 0.334 e. The molecule has 3 aliphatic heterocycles. The summed E-state index contributed by atoms with van der Waals surface area (Å²) in [6.45, 7) is 49.6. The Morgan fingerprint density at radius 2 is 0.822 bits per heavy atom. The maximum atomic E-state index is 2.90. The third-order valence-corrected chi connectivity index (χ3v) is 25.3. The quantitative estimate of drug-likeness (QED) is 0.163. The summed E-state index contributed by atoms with van der Waals surface area (Å²) < 4.78 is 0. The van der Waals surface area contributed by atoms with Gasteiger partial charge in [-0.1, -0.05) is 235 Å². The molecule has 4 aliphatic carbocycles. The van der Waals surface area contributed by atoms with Crippen LogP contribution in [0.25, 0.3) is 11.1 Å². The first kappa shape index (κ1) is 59.5. The zero-order valence-corrected chi connectivity index (χ0v) is 58.4. The molecule has 0 aromatic heterocycles. The molecule has 1 saturated carbocycles. The molecule has 8 aromatic carbocycles. The van der Waals surface area contributed by atoms with Crippen LogP contribution in [0, 0.1) is 0 Å². The van der Waals surface area contributed by atoms with Gasteiger partial charge in [-0.2, -0.15) is 0 Å². The number of anilines is 8. The van der Waals surface area contributed by atoms with Crippen LogP contribution in [0.15, 0.2) is 146 Å². The van der Waals surface area contributed by atoms with E-state index in [0.29, 0.717) is 0 Å². The van der Waals surface area contributed by atoms with Crippen LogP contribution in [0.3, 0.4) is 0 Å². The van der Waals surface area contributed by atoms with Crippen LogP contribution >= 0.6 is 0 Å². The van der Waals surface area contributed by atoms with Crippen molar-refractivity contribution < 1.29 is 0 Å². The van der Waals surface area contributed by atoms with E-state index in [1.165, 1.54) is 160 Å². The summed E-state index contributed by atoms with van der Waals surface area (Å²) in [6.07, 6.45) is 9.38. The Hall–Kier alpha value is -6.78. The van der Waals surface area contributed by atoms with Crippen LogP contribution < -0.4 is 31.1 Å². The van der Waals surface area contributed by atoms with E-state index >= 15 is 0 Å². The van der Waals surface area contributed by atoms with Gasteiger partial charge in [-0.25, -0.2) is 0 Å². The highest BCUT2D eigenvalue weighted by Gasteiger charge is 2.59. The molecule has 1 fully saturated rings. The van der Waals surface area contributed by atoms with Gasteiger partial charge >= 0.3 is 0 Å². The third-order valence-electron chi connectivity index (χ3n) is 25.3. The van der Waals surface area contributed by atoms with E-state index in [1.54, 1.807) is 0 Å². The highest BCUT2D eigenvalue weighted by Crippen LogP contribution is 2.64. The molecule has 90 heavy (non-hydrogen) atoms. The summed E-state index contributed by atoms with van der Waals surface area (Å²) in [4.78, 5) is 8.52. The van der Waals surface area contributed by atoms with E-state index in [1.807, 2.05) is 0 Å². The molecule has 3 heterocycles. The Bertz CT molecular complexity index is 4340. The van der Waals surface area contributed by atoms with Gasteiger partial charge < -0.3 is 14.7 Å². The Balaban J connectivity index is 1.14. The van der Waals surface area contributed by atoms with E-state index in [-0.39, 0.29) is 61.0 Å². The molecule has 0 N–H and O–H groups in total. The number of benzene rings is 8. The summed E-state index contributed by atoms with van der Waals surface area (Å²) in [5.41, 5.74) is 32.3. The van der Waals surface area contributed by atoms with E-state index in [4.69, 9.17) is 0 Å². The van der Waals surface area contributed by atoms with Gasteiger partial charge in [0.2, 0.25) is 0 Å². The summed E-state index contributed by atoms with van der Waals surface area (Å²) in [5.74, 6) is 0. The average Bonchev–Trinajstić information content (AvgIpc) is 0.935.